The summed E-state index contributed by atoms with van der Waals surface area (Å²) in [6.45, 7) is 12.0. The summed E-state index contributed by atoms with van der Waals surface area (Å²) in [6.07, 6.45) is 41.4. The van der Waals surface area contributed by atoms with Gasteiger partial charge >= 0.3 is 17.9 Å². The highest BCUT2D eigenvalue weighted by molar-refractivity contribution is 7.91. The molecule has 15 nitrogen and oxygen atoms in total. The number of nitrogens with one attached hydrogen (secondary N) is 1. The van der Waals surface area contributed by atoms with Gasteiger partial charge in [0.15, 0.2) is 19.7 Å². The molecule has 0 aliphatic heterocycles. The number of methoxy groups -OCH3 is 1. The third kappa shape index (κ3) is 44.6. The van der Waals surface area contributed by atoms with E-state index in [1.165, 1.54) is 115 Å². The molecule has 0 spiro atoms. The number of hydrogen-bond donors (Lipinski definition) is 1. The van der Waals surface area contributed by atoms with E-state index in [0.717, 1.165) is 142 Å². The third-order valence-electron chi connectivity index (χ3n) is 14.2. The van der Waals surface area contributed by atoms with Gasteiger partial charge in [-0.05, 0) is 121 Å². The summed E-state index contributed by atoms with van der Waals surface area (Å²) in [5, 5.41) is 2.81. The van der Waals surface area contributed by atoms with Crippen molar-refractivity contribution in [2.24, 2.45) is 0 Å². The first-order chi connectivity index (χ1) is 38.1. The number of unbranched alkanes of at least 4 members (excludes halogenated alkanes) is 23. The number of rotatable bonds is 52. The van der Waals surface area contributed by atoms with Crippen molar-refractivity contribution in [3.05, 3.63) is 48.3 Å². The maximum atomic E-state index is 12.9. The highest BCUT2D eigenvalue weighted by Crippen LogP contribution is 2.20. The molecule has 458 valence electrons. The monoisotopic (exact) mass is 1150 g/mol. The average molecular weight is 1160 g/mol. The van der Waals surface area contributed by atoms with E-state index in [0.29, 0.717) is 30.9 Å². The zero-order valence-electron chi connectivity index (χ0n) is 50.1. The zero-order chi connectivity index (χ0) is 58.1. The molecule has 0 aromatic carbocycles. The summed E-state index contributed by atoms with van der Waals surface area (Å²) >= 11 is 0. The van der Waals surface area contributed by atoms with Crippen LogP contribution in [0.1, 0.15) is 264 Å². The molecule has 0 aliphatic rings. The fourth-order valence-corrected chi connectivity index (χ4v) is 11.9. The van der Waals surface area contributed by atoms with Crippen molar-refractivity contribution in [3.8, 4) is 0 Å². The number of esters is 3. The second kappa shape index (κ2) is 49.0. The molecule has 17 heteroatoms. The number of ether oxygens (including phenoxy) is 3. The number of sulfone groups is 2. The van der Waals surface area contributed by atoms with E-state index in [9.17, 15) is 36.0 Å². The van der Waals surface area contributed by atoms with Crippen molar-refractivity contribution in [3.63, 3.8) is 0 Å². The molecule has 0 aliphatic carbocycles. The summed E-state index contributed by atoms with van der Waals surface area (Å²) < 4.78 is 73.7. The number of carbonyl (C=O) groups excluding carboxylic acids is 4. The van der Waals surface area contributed by atoms with Crippen LogP contribution in [0.5, 0.6) is 0 Å². The molecule has 2 aromatic rings. The van der Waals surface area contributed by atoms with Crippen LogP contribution in [-0.4, -0.2) is 103 Å². The van der Waals surface area contributed by atoms with Crippen molar-refractivity contribution >= 4 is 43.5 Å². The number of carbonyl (C=O) groups is 4. The van der Waals surface area contributed by atoms with Gasteiger partial charge in [-0.25, -0.2) is 16.8 Å². The first kappa shape index (κ1) is 73.3. The first-order valence-corrected chi connectivity index (χ1v) is 34.7. The lowest BCUT2D eigenvalue weighted by atomic mass is 10.0. The Kier molecular flexibility index (Phi) is 45.4. The Morgan fingerprint density at radius 1 is 0.481 bits per heavy atom. The number of amides is 1. The smallest absolute Gasteiger partial charge is 0.320 e. The summed E-state index contributed by atoms with van der Waals surface area (Å²) in [6, 6.07) is 6.36. The summed E-state index contributed by atoms with van der Waals surface area (Å²) in [5.41, 5.74) is 0. The highest BCUT2D eigenvalue weighted by Gasteiger charge is 2.21. The molecule has 1 atom stereocenters. The van der Waals surface area contributed by atoms with Crippen LogP contribution in [0.3, 0.4) is 0 Å². The Labute approximate surface area is 479 Å². The molecule has 0 fully saturated rings. The average Bonchev–Trinajstić information content (AvgIpc) is 4.13. The van der Waals surface area contributed by atoms with Gasteiger partial charge in [-0.2, -0.15) is 0 Å². The van der Waals surface area contributed by atoms with Gasteiger partial charge in [0.2, 0.25) is 5.91 Å². The van der Waals surface area contributed by atoms with Gasteiger partial charge in [0.25, 0.3) is 0 Å². The molecule has 2 rings (SSSR count). The Hall–Kier alpha value is -3.70. The van der Waals surface area contributed by atoms with Crippen LogP contribution in [0.15, 0.2) is 45.6 Å². The van der Waals surface area contributed by atoms with Crippen molar-refractivity contribution in [2.45, 2.75) is 276 Å². The Morgan fingerprint density at radius 3 is 1.28 bits per heavy atom. The largest absolute Gasteiger partial charge is 0.468 e. The van der Waals surface area contributed by atoms with E-state index in [1.807, 2.05) is 0 Å². The summed E-state index contributed by atoms with van der Waals surface area (Å²) in [5.74, 6) is -2.42. The van der Waals surface area contributed by atoms with E-state index in [-0.39, 0.29) is 35.7 Å². The first-order valence-electron chi connectivity index (χ1n) is 31.1. The number of hydrogen-bond acceptors (Lipinski definition) is 14. The minimum Gasteiger partial charge on any atom is -0.468 e. The second-order valence-electron chi connectivity index (χ2n) is 21.7. The molecule has 1 amide bonds. The van der Waals surface area contributed by atoms with Crippen molar-refractivity contribution in [1.29, 1.82) is 0 Å². The molecule has 0 saturated carbocycles. The van der Waals surface area contributed by atoms with E-state index in [4.69, 9.17) is 18.3 Å². The maximum Gasteiger partial charge on any atom is 0.320 e. The molecular formula is C62H110N2O13S2. The van der Waals surface area contributed by atoms with Crippen molar-refractivity contribution in [1.82, 2.24) is 10.2 Å². The fraction of sp³-hybridized carbons (Fsp3) is 0.806. The second-order valence-corrected chi connectivity index (χ2v) is 25.8. The minimum atomic E-state index is -3.61. The normalized spacial score (nSPS) is 12.1. The Bertz CT molecular complexity index is 1980. The lowest BCUT2D eigenvalue weighted by molar-refractivity contribution is -0.150. The van der Waals surface area contributed by atoms with Crippen molar-refractivity contribution in [2.75, 3.05) is 44.8 Å². The summed E-state index contributed by atoms with van der Waals surface area (Å²) in [4.78, 5) is 51.1. The lowest BCUT2D eigenvalue weighted by Gasteiger charge is -2.22. The number of furan rings is 2. The van der Waals surface area contributed by atoms with Crippen LogP contribution >= 0.6 is 0 Å². The Balaban J connectivity index is 0.00000192. The topological polar surface area (TPSA) is 206 Å². The minimum absolute atomic E-state index is 0.0239. The van der Waals surface area contributed by atoms with Gasteiger partial charge in [-0.1, -0.05) is 163 Å². The van der Waals surface area contributed by atoms with Gasteiger partial charge in [-0.15, -0.1) is 0 Å². The standard InChI is InChI=1S/C54H100N2O8S.C8H10O5S/c1-5-9-12-15-20-27-36-49(8-4)63-53(58)40-30-23-18-25-32-43-56(45-35-42-55-52(57)48-65(60,61)47-51-39-34-46-62-51)44-33-26-19-24-31-41-54(59)64-50(37-28-21-16-13-10-6-2)38-29-22-17-14-11-7-3;1-12-8(9)6-14(10,11)5-7-3-2-4-13-7/h34,39,46,49-50H,5-33,35-38,40-45,47-48H2,1-4H3,(H,55,57);2-4H,5-6H2,1H3. The predicted octanol–water partition coefficient (Wildman–Crippen LogP) is 14.5. The van der Waals surface area contributed by atoms with Gasteiger partial charge in [0.05, 0.1) is 19.6 Å². The van der Waals surface area contributed by atoms with Crippen LogP contribution < -0.4 is 5.32 Å². The van der Waals surface area contributed by atoms with E-state index >= 15 is 0 Å². The molecule has 2 aromatic heterocycles. The predicted molar refractivity (Wildman–Crippen MR) is 318 cm³/mol. The molecule has 1 unspecified atom stereocenters. The zero-order valence-corrected chi connectivity index (χ0v) is 51.7. The quantitative estimate of drug-likeness (QED) is 0.0372. The van der Waals surface area contributed by atoms with Crippen LogP contribution in [0.4, 0.5) is 0 Å². The van der Waals surface area contributed by atoms with Crippen LogP contribution in [-0.2, 0) is 64.6 Å². The SMILES string of the molecule is CCCCCCCCC(CC)OC(=O)CCCCCCCN(CCCCCCCC(=O)OC(CCCCCCCC)CCCCCCCC)CCCNC(=O)CS(=O)(=O)Cc1ccco1.COC(=O)CS(=O)(=O)Cc1ccco1. The molecule has 0 bridgehead atoms. The third-order valence-corrected chi connectivity index (χ3v) is 17.0. The van der Waals surface area contributed by atoms with Gasteiger partial charge < -0.3 is 33.3 Å². The molecular weight excluding hydrogens is 1040 g/mol. The molecule has 79 heavy (non-hydrogen) atoms. The molecule has 1 N–H and O–H groups in total. The van der Waals surface area contributed by atoms with Gasteiger partial charge in [-0.3, -0.25) is 19.2 Å². The molecule has 2 heterocycles. The fourth-order valence-electron chi connectivity index (χ4n) is 9.51. The van der Waals surface area contributed by atoms with E-state index in [2.05, 4.69) is 42.6 Å². The Morgan fingerprint density at radius 2 is 0.861 bits per heavy atom. The van der Waals surface area contributed by atoms with Crippen LogP contribution in [0, 0.1) is 0 Å². The highest BCUT2D eigenvalue weighted by atomic mass is 32.2. The van der Waals surface area contributed by atoms with Gasteiger partial charge in [0, 0.05) is 19.4 Å². The lowest BCUT2D eigenvalue weighted by Crippen LogP contribution is -2.34. The van der Waals surface area contributed by atoms with Crippen molar-refractivity contribution < 1.29 is 59.1 Å². The molecule has 0 saturated heterocycles. The van der Waals surface area contributed by atoms with Crippen LogP contribution in [0.25, 0.3) is 0 Å². The van der Waals surface area contributed by atoms with E-state index in [1.54, 1.807) is 18.2 Å². The summed E-state index contributed by atoms with van der Waals surface area (Å²) in [7, 11) is -5.95. The molecule has 0 radical (unpaired) electrons. The van der Waals surface area contributed by atoms with Crippen LogP contribution in [0.2, 0.25) is 0 Å². The number of nitrogens with zero attached hydrogens (tertiary/aromatic N) is 1. The maximum absolute atomic E-state index is 12.9. The van der Waals surface area contributed by atoms with E-state index < -0.39 is 43.1 Å². The van der Waals surface area contributed by atoms with Gasteiger partial charge in [0.1, 0.15) is 46.7 Å².